The molecule has 0 aliphatic rings. The third-order valence-corrected chi connectivity index (χ3v) is 2.40. The number of pyridine rings is 2. The van der Waals surface area contributed by atoms with E-state index in [1.807, 2.05) is 0 Å². The van der Waals surface area contributed by atoms with E-state index in [2.05, 4.69) is 19.4 Å². The average Bonchev–Trinajstić information content (AvgIpc) is 2.50. The SMILES string of the molecule is FC(F)Oc1ccc(Cl)cn1.OB(O)c1ccc(OC(F)F)nc1. The largest absolute Gasteiger partial charge is 0.490 e. The van der Waals surface area contributed by atoms with Crippen molar-refractivity contribution in [3.63, 3.8) is 0 Å². The highest BCUT2D eigenvalue weighted by Gasteiger charge is 2.12. The fraction of sp³-hybridized carbons (Fsp3) is 0.167. The number of rotatable bonds is 5. The molecule has 0 aliphatic carbocycles. The van der Waals surface area contributed by atoms with Gasteiger partial charge >= 0.3 is 20.3 Å². The van der Waals surface area contributed by atoms with Crippen LogP contribution in [0.5, 0.6) is 11.8 Å². The van der Waals surface area contributed by atoms with Gasteiger partial charge in [-0.3, -0.25) is 0 Å². The Morgan fingerprint density at radius 3 is 1.71 bits per heavy atom. The molecule has 0 spiro atoms. The van der Waals surface area contributed by atoms with Crippen molar-refractivity contribution in [3.05, 3.63) is 41.7 Å². The van der Waals surface area contributed by atoms with Gasteiger partial charge in [0.1, 0.15) is 0 Å². The minimum atomic E-state index is -2.93. The van der Waals surface area contributed by atoms with Crippen LogP contribution in [-0.2, 0) is 0 Å². The summed E-state index contributed by atoms with van der Waals surface area (Å²) in [5, 5.41) is 17.6. The molecule has 2 rings (SSSR count). The van der Waals surface area contributed by atoms with Crippen LogP contribution in [0.25, 0.3) is 0 Å². The zero-order valence-electron chi connectivity index (χ0n) is 11.7. The highest BCUT2D eigenvalue weighted by molar-refractivity contribution is 6.58. The first-order chi connectivity index (χ1) is 11.3. The minimum absolute atomic E-state index is 0.113. The molecule has 0 aromatic carbocycles. The second-order valence-corrected chi connectivity index (χ2v) is 4.31. The topological polar surface area (TPSA) is 84.7 Å². The van der Waals surface area contributed by atoms with E-state index in [4.69, 9.17) is 21.6 Å². The molecule has 130 valence electrons. The van der Waals surface area contributed by atoms with E-state index in [0.717, 1.165) is 12.3 Å². The second-order valence-electron chi connectivity index (χ2n) is 3.88. The molecule has 6 nitrogen and oxygen atoms in total. The smallest absolute Gasteiger partial charge is 0.423 e. The Hall–Kier alpha value is -2.11. The Bertz CT molecular complexity index is 605. The van der Waals surface area contributed by atoms with Gasteiger partial charge < -0.3 is 19.5 Å². The van der Waals surface area contributed by atoms with Crippen LogP contribution in [0.15, 0.2) is 36.7 Å². The van der Waals surface area contributed by atoms with Gasteiger partial charge in [-0.1, -0.05) is 17.7 Å². The Morgan fingerprint density at radius 1 is 0.875 bits per heavy atom. The van der Waals surface area contributed by atoms with Gasteiger partial charge in [0, 0.05) is 30.0 Å². The maximum atomic E-state index is 11.6. The predicted molar refractivity (Wildman–Crippen MR) is 76.6 cm³/mol. The van der Waals surface area contributed by atoms with Gasteiger partial charge in [-0.05, 0) is 6.07 Å². The lowest BCUT2D eigenvalue weighted by Gasteiger charge is -2.03. The van der Waals surface area contributed by atoms with Gasteiger partial charge in [-0.15, -0.1) is 0 Å². The lowest BCUT2D eigenvalue weighted by atomic mass is 9.82. The van der Waals surface area contributed by atoms with Crippen molar-refractivity contribution >= 4 is 24.2 Å². The molecule has 0 saturated heterocycles. The van der Waals surface area contributed by atoms with Crippen molar-refractivity contribution < 1.29 is 37.1 Å². The van der Waals surface area contributed by atoms with Gasteiger partial charge in [0.2, 0.25) is 11.8 Å². The van der Waals surface area contributed by atoms with Gasteiger partial charge in [0.15, 0.2) is 0 Å². The number of hydrogen-bond donors (Lipinski definition) is 2. The monoisotopic (exact) mass is 368 g/mol. The first kappa shape index (κ1) is 19.9. The van der Waals surface area contributed by atoms with Crippen molar-refractivity contribution in [1.29, 1.82) is 0 Å². The summed E-state index contributed by atoms with van der Waals surface area (Å²) in [5.74, 6) is -0.399. The molecule has 12 heteroatoms. The molecular formula is C12H10BClF4N2O4. The van der Waals surface area contributed by atoms with E-state index >= 15 is 0 Å². The van der Waals surface area contributed by atoms with E-state index < -0.39 is 20.3 Å². The Kier molecular flexibility index (Phi) is 8.23. The maximum absolute atomic E-state index is 11.6. The molecule has 0 radical (unpaired) electrons. The maximum Gasteiger partial charge on any atom is 0.490 e. The number of nitrogens with zero attached hydrogens (tertiary/aromatic N) is 2. The summed E-state index contributed by atoms with van der Waals surface area (Å²) >= 11 is 5.44. The number of hydrogen-bond acceptors (Lipinski definition) is 6. The highest BCUT2D eigenvalue weighted by Crippen LogP contribution is 2.13. The molecule has 2 aromatic heterocycles. The van der Waals surface area contributed by atoms with Crippen molar-refractivity contribution in [2.45, 2.75) is 13.2 Å². The standard InChI is InChI=1S/C6H6BF2NO3.C6H4ClF2NO/c8-6(9)13-5-2-1-4(3-10-5)7(11)12;7-4-1-2-5(10-3-4)11-6(8)9/h1-3,6,11-12H;1-3,6H. The Morgan fingerprint density at radius 2 is 1.38 bits per heavy atom. The third kappa shape index (κ3) is 7.95. The molecule has 2 N–H and O–H groups in total. The molecule has 0 unspecified atom stereocenters. The molecule has 0 fully saturated rings. The molecule has 0 atom stereocenters. The first-order valence-electron chi connectivity index (χ1n) is 6.11. The Balaban J connectivity index is 0.000000243. The molecule has 2 aromatic rings. The zero-order chi connectivity index (χ0) is 18.1. The van der Waals surface area contributed by atoms with E-state index in [1.165, 1.54) is 24.4 Å². The molecule has 2 heterocycles. The summed E-state index contributed by atoms with van der Waals surface area (Å²) < 4.78 is 54.2. The highest BCUT2D eigenvalue weighted by atomic mass is 35.5. The molecule has 0 amide bonds. The summed E-state index contributed by atoms with van der Waals surface area (Å²) in [7, 11) is -1.66. The summed E-state index contributed by atoms with van der Waals surface area (Å²) in [6, 6.07) is 5.05. The third-order valence-electron chi connectivity index (χ3n) is 2.18. The van der Waals surface area contributed by atoms with Crippen LogP contribution in [0.1, 0.15) is 0 Å². The van der Waals surface area contributed by atoms with E-state index in [-0.39, 0.29) is 17.2 Å². The summed E-state index contributed by atoms with van der Waals surface area (Å²) in [4.78, 5) is 6.90. The number of halogens is 5. The number of aromatic nitrogens is 2. The van der Waals surface area contributed by atoms with Gasteiger partial charge in [0.25, 0.3) is 0 Å². The minimum Gasteiger partial charge on any atom is -0.423 e. The number of ether oxygens (including phenoxy) is 2. The van der Waals surface area contributed by atoms with Crippen LogP contribution >= 0.6 is 11.6 Å². The van der Waals surface area contributed by atoms with Crippen molar-refractivity contribution in [2.75, 3.05) is 0 Å². The van der Waals surface area contributed by atoms with E-state index in [0.29, 0.717) is 5.02 Å². The lowest BCUT2D eigenvalue weighted by Crippen LogP contribution is -2.29. The van der Waals surface area contributed by atoms with Crippen LogP contribution < -0.4 is 14.9 Å². The van der Waals surface area contributed by atoms with Crippen LogP contribution in [-0.4, -0.2) is 40.4 Å². The van der Waals surface area contributed by atoms with E-state index in [1.54, 1.807) is 0 Å². The molecule has 0 saturated carbocycles. The Labute approximate surface area is 138 Å². The quantitative estimate of drug-likeness (QED) is 0.617. The summed E-state index contributed by atoms with van der Waals surface area (Å²) in [6.45, 7) is -5.78. The van der Waals surface area contributed by atoms with Crippen molar-refractivity contribution in [3.8, 4) is 11.8 Å². The van der Waals surface area contributed by atoms with Gasteiger partial charge in [-0.25, -0.2) is 9.97 Å². The molecule has 24 heavy (non-hydrogen) atoms. The van der Waals surface area contributed by atoms with Gasteiger partial charge in [-0.2, -0.15) is 17.6 Å². The van der Waals surface area contributed by atoms with Crippen LogP contribution in [0.4, 0.5) is 17.6 Å². The predicted octanol–water partition coefficient (Wildman–Crippen LogP) is 1.70. The summed E-state index contributed by atoms with van der Waals surface area (Å²) in [6.07, 6.45) is 2.28. The second kappa shape index (κ2) is 9.91. The van der Waals surface area contributed by atoms with Crippen molar-refractivity contribution in [2.24, 2.45) is 0 Å². The average molecular weight is 368 g/mol. The summed E-state index contributed by atoms with van der Waals surface area (Å²) in [5.41, 5.74) is 0.113. The molecular weight excluding hydrogens is 358 g/mol. The van der Waals surface area contributed by atoms with Crippen molar-refractivity contribution in [1.82, 2.24) is 9.97 Å². The van der Waals surface area contributed by atoms with Crippen LogP contribution in [0.3, 0.4) is 0 Å². The fourth-order valence-corrected chi connectivity index (χ4v) is 1.34. The lowest BCUT2D eigenvalue weighted by molar-refractivity contribution is -0.0535. The number of alkyl halides is 4. The first-order valence-corrected chi connectivity index (χ1v) is 6.49. The van der Waals surface area contributed by atoms with Crippen LogP contribution in [0, 0.1) is 0 Å². The molecule has 0 aliphatic heterocycles. The molecule has 0 bridgehead atoms. The van der Waals surface area contributed by atoms with Crippen LogP contribution in [0.2, 0.25) is 5.02 Å². The normalized spacial score (nSPS) is 10.2. The zero-order valence-corrected chi connectivity index (χ0v) is 12.4. The van der Waals surface area contributed by atoms with E-state index in [9.17, 15) is 17.6 Å². The van der Waals surface area contributed by atoms with Gasteiger partial charge in [0.05, 0.1) is 5.02 Å². The fourth-order valence-electron chi connectivity index (χ4n) is 1.23.